The lowest BCUT2D eigenvalue weighted by molar-refractivity contribution is 0.301. The first kappa shape index (κ1) is 12.5. The standard InChI is InChI=1S/C16H23N3/c1-12-10-13(2)17-14(3)16(12)19-9-8-18(11-19)15-6-4-5-7-15/h8-10,15H,4-7,11H2,1-3H3. The van der Waals surface area contributed by atoms with Crippen LogP contribution in [0.5, 0.6) is 0 Å². The number of pyridine rings is 1. The van der Waals surface area contributed by atoms with Crippen LogP contribution in [-0.4, -0.2) is 22.6 Å². The van der Waals surface area contributed by atoms with E-state index in [9.17, 15) is 0 Å². The molecule has 0 amide bonds. The largest absolute Gasteiger partial charge is 0.355 e. The lowest BCUT2D eigenvalue weighted by Gasteiger charge is -2.28. The van der Waals surface area contributed by atoms with Crippen LogP contribution in [0.2, 0.25) is 0 Å². The zero-order valence-corrected chi connectivity index (χ0v) is 12.2. The fraction of sp³-hybridized carbons (Fsp3) is 0.562. The molecular formula is C16H23N3. The van der Waals surface area contributed by atoms with Crippen molar-refractivity contribution in [2.75, 3.05) is 11.6 Å². The molecule has 0 atom stereocenters. The predicted molar refractivity (Wildman–Crippen MR) is 79.0 cm³/mol. The van der Waals surface area contributed by atoms with Gasteiger partial charge in [-0.1, -0.05) is 12.8 Å². The van der Waals surface area contributed by atoms with Gasteiger partial charge in [0.05, 0.1) is 18.1 Å². The molecule has 0 bridgehead atoms. The summed E-state index contributed by atoms with van der Waals surface area (Å²) in [6.45, 7) is 7.34. The molecule has 1 fully saturated rings. The Morgan fingerprint density at radius 3 is 2.53 bits per heavy atom. The van der Waals surface area contributed by atoms with E-state index in [1.807, 2.05) is 0 Å². The summed E-state index contributed by atoms with van der Waals surface area (Å²) in [5.74, 6) is 0. The number of rotatable bonds is 2. The number of hydrogen-bond donors (Lipinski definition) is 0. The molecule has 0 radical (unpaired) electrons. The van der Waals surface area contributed by atoms with E-state index in [1.54, 1.807) is 0 Å². The van der Waals surface area contributed by atoms with E-state index in [1.165, 1.54) is 36.9 Å². The third kappa shape index (κ3) is 2.34. The van der Waals surface area contributed by atoms with Crippen molar-refractivity contribution in [2.24, 2.45) is 0 Å². The van der Waals surface area contributed by atoms with Gasteiger partial charge in [0.25, 0.3) is 0 Å². The Balaban J connectivity index is 1.80. The smallest absolute Gasteiger partial charge is 0.0945 e. The maximum atomic E-state index is 4.61. The Kier molecular flexibility index (Phi) is 3.21. The van der Waals surface area contributed by atoms with Crippen molar-refractivity contribution in [3.63, 3.8) is 0 Å². The van der Waals surface area contributed by atoms with E-state index >= 15 is 0 Å². The van der Waals surface area contributed by atoms with Crippen molar-refractivity contribution in [2.45, 2.75) is 52.5 Å². The average molecular weight is 257 g/mol. The van der Waals surface area contributed by atoms with E-state index in [4.69, 9.17) is 0 Å². The molecule has 2 aliphatic rings. The van der Waals surface area contributed by atoms with Gasteiger partial charge in [0.15, 0.2) is 0 Å². The van der Waals surface area contributed by atoms with Crippen molar-refractivity contribution in [1.29, 1.82) is 0 Å². The number of aromatic nitrogens is 1. The maximum absolute atomic E-state index is 4.61. The topological polar surface area (TPSA) is 19.4 Å². The molecule has 3 nitrogen and oxygen atoms in total. The second-order valence-corrected chi connectivity index (χ2v) is 5.88. The molecule has 102 valence electrons. The minimum absolute atomic E-state index is 0.750. The predicted octanol–water partition coefficient (Wildman–Crippen LogP) is 3.50. The molecule has 1 saturated carbocycles. The van der Waals surface area contributed by atoms with E-state index in [0.29, 0.717) is 0 Å². The van der Waals surface area contributed by atoms with Crippen molar-refractivity contribution in [3.8, 4) is 0 Å². The Hall–Kier alpha value is -1.51. The number of hydrogen-bond acceptors (Lipinski definition) is 3. The van der Waals surface area contributed by atoms with Gasteiger partial charge in [0.2, 0.25) is 0 Å². The first-order valence-corrected chi connectivity index (χ1v) is 7.31. The first-order valence-electron chi connectivity index (χ1n) is 7.31. The van der Waals surface area contributed by atoms with Crippen molar-refractivity contribution >= 4 is 5.69 Å². The average Bonchev–Trinajstić information content (AvgIpc) is 2.97. The molecular weight excluding hydrogens is 234 g/mol. The van der Waals surface area contributed by atoms with Crippen molar-refractivity contribution in [3.05, 3.63) is 35.4 Å². The highest BCUT2D eigenvalue weighted by atomic mass is 15.4. The van der Waals surface area contributed by atoms with Crippen LogP contribution < -0.4 is 4.90 Å². The van der Waals surface area contributed by atoms with Crippen molar-refractivity contribution < 1.29 is 0 Å². The minimum Gasteiger partial charge on any atom is -0.355 e. The molecule has 19 heavy (non-hydrogen) atoms. The highest BCUT2D eigenvalue weighted by Crippen LogP contribution is 2.31. The van der Waals surface area contributed by atoms with Crippen LogP contribution in [0.25, 0.3) is 0 Å². The van der Waals surface area contributed by atoms with Crippen molar-refractivity contribution in [1.82, 2.24) is 9.88 Å². The van der Waals surface area contributed by atoms with Crippen LogP contribution >= 0.6 is 0 Å². The maximum Gasteiger partial charge on any atom is 0.0945 e. The van der Waals surface area contributed by atoms with Gasteiger partial charge in [-0.05, 0) is 45.2 Å². The van der Waals surface area contributed by atoms with Crippen LogP contribution in [0, 0.1) is 20.8 Å². The second-order valence-electron chi connectivity index (χ2n) is 5.88. The Bertz CT molecular complexity index is 478. The fourth-order valence-electron chi connectivity index (χ4n) is 3.51. The second kappa shape index (κ2) is 4.87. The molecule has 0 spiro atoms. The summed E-state index contributed by atoms with van der Waals surface area (Å²) in [6, 6.07) is 2.93. The minimum atomic E-state index is 0.750. The molecule has 1 aliphatic heterocycles. The van der Waals surface area contributed by atoms with Gasteiger partial charge in [-0.3, -0.25) is 4.98 Å². The lowest BCUT2D eigenvalue weighted by Crippen LogP contribution is -2.32. The third-order valence-corrected chi connectivity index (χ3v) is 4.32. The van der Waals surface area contributed by atoms with Gasteiger partial charge in [0, 0.05) is 24.1 Å². The summed E-state index contributed by atoms with van der Waals surface area (Å²) < 4.78 is 0. The SMILES string of the molecule is Cc1cc(C)c(N2C=CN(C3CCCC3)C2)c(C)n1. The zero-order chi connectivity index (χ0) is 13.4. The third-order valence-electron chi connectivity index (χ3n) is 4.32. The molecule has 3 heteroatoms. The van der Waals surface area contributed by atoms with Gasteiger partial charge in [0.1, 0.15) is 0 Å². The Morgan fingerprint density at radius 1 is 1.11 bits per heavy atom. The summed E-state index contributed by atoms with van der Waals surface area (Å²) in [7, 11) is 0. The molecule has 1 aromatic heterocycles. The normalized spacial score (nSPS) is 19.7. The zero-order valence-electron chi connectivity index (χ0n) is 12.2. The molecule has 3 rings (SSSR count). The number of nitrogens with zero attached hydrogens (tertiary/aromatic N) is 3. The van der Waals surface area contributed by atoms with Gasteiger partial charge in [-0.15, -0.1) is 0 Å². The molecule has 2 heterocycles. The van der Waals surface area contributed by atoms with Gasteiger partial charge in [-0.25, -0.2) is 0 Å². The molecule has 0 aromatic carbocycles. The molecule has 0 saturated heterocycles. The first-order chi connectivity index (χ1) is 9.15. The van der Waals surface area contributed by atoms with E-state index in [2.05, 4.69) is 54.0 Å². The van der Waals surface area contributed by atoms with E-state index < -0.39 is 0 Å². The monoisotopic (exact) mass is 257 g/mol. The van der Waals surface area contributed by atoms with Gasteiger partial charge >= 0.3 is 0 Å². The quantitative estimate of drug-likeness (QED) is 0.808. The van der Waals surface area contributed by atoms with E-state index in [0.717, 1.165) is 24.1 Å². The number of aryl methyl sites for hydroxylation is 3. The van der Waals surface area contributed by atoms with Gasteiger partial charge in [-0.2, -0.15) is 0 Å². The Morgan fingerprint density at radius 2 is 1.84 bits per heavy atom. The summed E-state index contributed by atoms with van der Waals surface area (Å²) in [6.07, 6.45) is 9.95. The fourth-order valence-corrected chi connectivity index (χ4v) is 3.51. The van der Waals surface area contributed by atoms with Crippen LogP contribution in [0.3, 0.4) is 0 Å². The van der Waals surface area contributed by atoms with Crippen LogP contribution in [0.1, 0.15) is 42.6 Å². The summed E-state index contributed by atoms with van der Waals surface area (Å²) in [4.78, 5) is 9.44. The summed E-state index contributed by atoms with van der Waals surface area (Å²) in [5.41, 5.74) is 4.84. The number of anilines is 1. The summed E-state index contributed by atoms with van der Waals surface area (Å²) >= 11 is 0. The Labute approximate surface area is 115 Å². The van der Waals surface area contributed by atoms with E-state index in [-0.39, 0.29) is 0 Å². The molecule has 1 aromatic rings. The highest BCUT2D eigenvalue weighted by Gasteiger charge is 2.25. The molecule has 0 unspecified atom stereocenters. The van der Waals surface area contributed by atoms with Gasteiger partial charge < -0.3 is 9.80 Å². The lowest BCUT2D eigenvalue weighted by atomic mass is 10.1. The van der Waals surface area contributed by atoms with Crippen LogP contribution in [0.4, 0.5) is 5.69 Å². The highest BCUT2D eigenvalue weighted by molar-refractivity contribution is 5.59. The molecule has 1 aliphatic carbocycles. The molecule has 0 N–H and O–H groups in total. The van der Waals surface area contributed by atoms with Crippen LogP contribution in [-0.2, 0) is 0 Å². The van der Waals surface area contributed by atoms with Crippen LogP contribution in [0.15, 0.2) is 18.5 Å². The summed E-state index contributed by atoms with van der Waals surface area (Å²) in [5, 5.41) is 0.